The summed E-state index contributed by atoms with van der Waals surface area (Å²) in [6.45, 7) is 3.05. The minimum absolute atomic E-state index is 0.0313. The Morgan fingerprint density at radius 3 is 2.14 bits per heavy atom. The van der Waals surface area contributed by atoms with Crippen LogP contribution in [-0.4, -0.2) is 56.7 Å². The summed E-state index contributed by atoms with van der Waals surface area (Å²) >= 11 is 0. The van der Waals surface area contributed by atoms with E-state index in [0.29, 0.717) is 11.1 Å². The fourth-order valence-corrected chi connectivity index (χ4v) is 5.82. The lowest BCUT2D eigenvalue weighted by Gasteiger charge is -2.19. The molecule has 1 aliphatic rings. The van der Waals surface area contributed by atoms with Gasteiger partial charge in [-0.1, -0.05) is 65.7 Å². The van der Waals surface area contributed by atoms with Crippen LogP contribution in [0.15, 0.2) is 94.6 Å². The highest BCUT2D eigenvalue weighted by molar-refractivity contribution is 5.90. The Morgan fingerprint density at radius 1 is 0.860 bits per heavy atom. The van der Waals surface area contributed by atoms with Gasteiger partial charge in [-0.3, -0.25) is 9.36 Å². The number of carbonyl (C=O) groups excluding carboxylic acids is 2. The van der Waals surface area contributed by atoms with E-state index in [2.05, 4.69) is 0 Å². The van der Waals surface area contributed by atoms with E-state index in [9.17, 15) is 24.3 Å². The molecule has 1 saturated heterocycles. The Morgan fingerprint density at radius 2 is 1.50 bits per heavy atom. The van der Waals surface area contributed by atoms with Gasteiger partial charge in [0.2, 0.25) is 0 Å². The van der Waals surface area contributed by atoms with Gasteiger partial charge in [0.1, 0.15) is 55.3 Å². The largest absolute Gasteiger partial charge is 0.505 e. The van der Waals surface area contributed by atoms with Crippen LogP contribution in [0, 0.1) is 13.8 Å². The van der Waals surface area contributed by atoms with E-state index in [1.807, 2.05) is 44.2 Å². The summed E-state index contributed by atoms with van der Waals surface area (Å²) in [6.07, 6.45) is -1.50. The molecule has 1 N–H and O–H groups in total. The lowest BCUT2D eigenvalue weighted by molar-refractivity contribution is -0.0565. The number of aryl methyl sites for hydroxylation is 2. The van der Waals surface area contributed by atoms with Crippen LogP contribution >= 0.6 is 0 Å². The number of aromatic nitrogens is 3. The number of nitrogens with zero attached hydrogens (tertiary/aromatic N) is 3. The number of rotatable bonds is 12. The number of aromatic hydroxyl groups is 1. The van der Waals surface area contributed by atoms with Gasteiger partial charge in [-0.2, -0.15) is 0 Å². The van der Waals surface area contributed by atoms with Crippen LogP contribution in [0.5, 0.6) is 5.75 Å². The minimum atomic E-state index is -0.963. The number of hydrogen-bond acceptors (Lipinski definition) is 10. The van der Waals surface area contributed by atoms with Crippen molar-refractivity contribution in [2.45, 2.75) is 58.8 Å². The summed E-state index contributed by atoms with van der Waals surface area (Å²) in [4.78, 5) is 53.4. The summed E-state index contributed by atoms with van der Waals surface area (Å²) in [6, 6.07) is 23.1. The van der Waals surface area contributed by atoms with E-state index in [-0.39, 0.29) is 44.1 Å². The predicted molar refractivity (Wildman–Crippen MR) is 181 cm³/mol. The highest BCUT2D eigenvalue weighted by Crippen LogP contribution is 2.36. The second-order valence-corrected chi connectivity index (χ2v) is 12.1. The number of carbonyl (C=O) groups is 2. The Labute approximate surface area is 286 Å². The van der Waals surface area contributed by atoms with Crippen molar-refractivity contribution in [2.75, 3.05) is 13.7 Å². The van der Waals surface area contributed by atoms with Crippen LogP contribution in [0.25, 0.3) is 11.0 Å². The second kappa shape index (κ2) is 14.9. The van der Waals surface area contributed by atoms with E-state index in [0.717, 1.165) is 21.3 Å². The van der Waals surface area contributed by atoms with Crippen molar-refractivity contribution < 1.29 is 38.4 Å². The fourth-order valence-electron chi connectivity index (χ4n) is 5.82. The van der Waals surface area contributed by atoms with E-state index in [4.69, 9.17) is 23.7 Å². The van der Waals surface area contributed by atoms with Gasteiger partial charge in [-0.25, -0.2) is 19.0 Å². The minimum Gasteiger partial charge on any atom is -0.505 e. The fraction of sp³-hybridized carbons (Fsp3) is 0.297. The van der Waals surface area contributed by atoms with Crippen LogP contribution in [-0.2, 0) is 43.8 Å². The average molecular weight is 684 g/mol. The van der Waals surface area contributed by atoms with Crippen LogP contribution in [0.3, 0.4) is 0 Å². The molecule has 50 heavy (non-hydrogen) atoms. The molecule has 0 bridgehead atoms. The molecule has 1 fully saturated rings. The first-order valence-corrected chi connectivity index (χ1v) is 16.0. The molecule has 0 saturated carbocycles. The third-order valence-electron chi connectivity index (χ3n) is 8.45. The maximum absolute atomic E-state index is 13.7. The first-order valence-electron chi connectivity index (χ1n) is 16.0. The predicted octanol–water partition coefficient (Wildman–Crippen LogP) is 4.44. The standard InChI is InChI=1S/C37H37N3O10/c1-23-9-13-26(14-10-23)35(43)48-20-30-29(50-36(44)27-15-11-24(2)12-16-27)17-31(49-30)38-18-28(41)32-33(38)39(37(45)40(21-46-3)34(32)42)22-47-19-25-7-5-4-6-8-25/h4-16,18,29-31,41H,17,19-22H2,1-3H3/t29-,30+,31-/m0/s1. The van der Waals surface area contributed by atoms with Gasteiger partial charge in [0.05, 0.1) is 23.9 Å². The topological polar surface area (TPSA) is 149 Å². The van der Waals surface area contributed by atoms with Gasteiger partial charge < -0.3 is 33.4 Å². The number of benzene rings is 3. The molecule has 260 valence electrons. The van der Waals surface area contributed by atoms with Crippen molar-refractivity contribution in [1.82, 2.24) is 13.7 Å². The van der Waals surface area contributed by atoms with E-state index < -0.39 is 47.4 Å². The van der Waals surface area contributed by atoms with Crippen molar-refractivity contribution in [3.63, 3.8) is 0 Å². The molecule has 6 rings (SSSR count). The molecule has 0 radical (unpaired) electrons. The van der Waals surface area contributed by atoms with Crippen molar-refractivity contribution in [2.24, 2.45) is 0 Å². The monoisotopic (exact) mass is 683 g/mol. The SMILES string of the molecule is COCn1c(=O)c2c(O)cn([C@@H]3C[C@H](OC(=O)c4ccc(C)cc4)[C@@H](COC(=O)c4ccc(C)cc4)O3)c2n(COCc2ccccc2)c1=O. The molecule has 3 atom stereocenters. The molecule has 2 aromatic heterocycles. The molecule has 13 heteroatoms. The summed E-state index contributed by atoms with van der Waals surface area (Å²) in [7, 11) is 1.34. The second-order valence-electron chi connectivity index (χ2n) is 12.1. The van der Waals surface area contributed by atoms with Crippen LogP contribution < -0.4 is 11.2 Å². The average Bonchev–Trinajstić information content (AvgIpc) is 3.68. The van der Waals surface area contributed by atoms with Gasteiger partial charge in [0, 0.05) is 13.5 Å². The lowest BCUT2D eigenvalue weighted by atomic mass is 10.1. The van der Waals surface area contributed by atoms with Gasteiger partial charge in [-0.15, -0.1) is 0 Å². The molecule has 5 aromatic rings. The highest BCUT2D eigenvalue weighted by Gasteiger charge is 2.41. The summed E-state index contributed by atoms with van der Waals surface area (Å²) in [5, 5.41) is 10.9. The van der Waals surface area contributed by atoms with Gasteiger partial charge >= 0.3 is 17.6 Å². The Bertz CT molecular complexity index is 2100. The molecule has 3 aromatic carbocycles. The smallest absolute Gasteiger partial charge is 0.338 e. The van der Waals surface area contributed by atoms with Crippen LogP contribution in [0.2, 0.25) is 0 Å². The zero-order valence-electron chi connectivity index (χ0n) is 27.8. The molecule has 3 heterocycles. The number of ether oxygens (including phenoxy) is 5. The molecule has 13 nitrogen and oxygen atoms in total. The van der Waals surface area contributed by atoms with Crippen LogP contribution in [0.4, 0.5) is 0 Å². The molecular formula is C37H37N3O10. The molecule has 1 aliphatic heterocycles. The number of esters is 2. The zero-order chi connectivity index (χ0) is 35.4. The van der Waals surface area contributed by atoms with Crippen molar-refractivity contribution >= 4 is 23.0 Å². The van der Waals surface area contributed by atoms with Gasteiger partial charge in [0.25, 0.3) is 5.56 Å². The van der Waals surface area contributed by atoms with E-state index in [1.165, 1.54) is 22.4 Å². The third-order valence-corrected chi connectivity index (χ3v) is 8.45. The maximum Gasteiger partial charge on any atom is 0.338 e. The highest BCUT2D eigenvalue weighted by atomic mass is 16.6. The summed E-state index contributed by atoms with van der Waals surface area (Å²) in [5.74, 6) is -1.60. The number of hydrogen-bond donors (Lipinski definition) is 1. The zero-order valence-corrected chi connectivity index (χ0v) is 27.8. The van der Waals surface area contributed by atoms with Crippen molar-refractivity contribution in [3.05, 3.63) is 134 Å². The van der Waals surface area contributed by atoms with Crippen molar-refractivity contribution in [3.8, 4) is 5.75 Å². The summed E-state index contributed by atoms with van der Waals surface area (Å²) in [5.41, 5.74) is 1.99. The molecule has 0 amide bonds. The van der Waals surface area contributed by atoms with Crippen LogP contribution in [0.1, 0.15) is 50.1 Å². The number of fused-ring (bicyclic) bond motifs is 1. The molecular weight excluding hydrogens is 646 g/mol. The van der Waals surface area contributed by atoms with E-state index >= 15 is 0 Å². The molecule has 0 unspecified atom stereocenters. The Kier molecular flexibility index (Phi) is 10.3. The lowest BCUT2D eigenvalue weighted by Crippen LogP contribution is -2.41. The first kappa shape index (κ1) is 34.4. The van der Waals surface area contributed by atoms with Crippen molar-refractivity contribution in [1.29, 1.82) is 0 Å². The molecule has 0 spiro atoms. The summed E-state index contributed by atoms with van der Waals surface area (Å²) < 4.78 is 32.4. The van der Waals surface area contributed by atoms with Gasteiger partial charge in [0.15, 0.2) is 0 Å². The van der Waals surface area contributed by atoms with Gasteiger partial charge in [-0.05, 0) is 43.7 Å². The first-order chi connectivity index (χ1) is 24.1. The number of methoxy groups -OCH3 is 1. The van der Waals surface area contributed by atoms with E-state index in [1.54, 1.807) is 48.5 Å². The quantitative estimate of drug-likeness (QED) is 0.187. The molecule has 0 aliphatic carbocycles. The Hall–Kier alpha value is -5.50. The third kappa shape index (κ3) is 7.25. The maximum atomic E-state index is 13.7. The Balaban J connectivity index is 1.34. The normalized spacial score (nSPS) is 17.2.